The Morgan fingerprint density at radius 1 is 0.792 bits per heavy atom. The highest BCUT2D eigenvalue weighted by molar-refractivity contribution is 6.16. The fourth-order valence-corrected chi connectivity index (χ4v) is 3.09. The van der Waals surface area contributed by atoms with E-state index >= 15 is 0 Å². The first-order valence-corrected chi connectivity index (χ1v) is 8.03. The van der Waals surface area contributed by atoms with Crippen molar-refractivity contribution in [3.8, 4) is 0 Å². The van der Waals surface area contributed by atoms with Gasteiger partial charge in [-0.1, -0.05) is 42.5 Å². The van der Waals surface area contributed by atoms with Gasteiger partial charge < -0.3 is 0 Å². The van der Waals surface area contributed by atoms with Crippen molar-refractivity contribution in [3.63, 3.8) is 0 Å². The predicted octanol–water partition coefficient (Wildman–Crippen LogP) is 5.24. The van der Waals surface area contributed by atoms with Gasteiger partial charge in [-0.2, -0.15) is 0 Å². The first-order chi connectivity index (χ1) is 11.6. The Labute approximate surface area is 140 Å². The van der Waals surface area contributed by atoms with Crippen LogP contribution in [0, 0.1) is 13.8 Å². The number of hydrogen-bond acceptors (Lipinski definition) is 2. The van der Waals surface area contributed by atoms with Crippen molar-refractivity contribution >= 4 is 27.3 Å². The van der Waals surface area contributed by atoms with Gasteiger partial charge >= 0.3 is 0 Å². The molecule has 1 heterocycles. The molecule has 0 aliphatic heterocycles. The summed E-state index contributed by atoms with van der Waals surface area (Å²) in [5.74, 6) is -0.0328. The molecule has 0 N–H and O–H groups in total. The van der Waals surface area contributed by atoms with Crippen LogP contribution in [0.4, 0.5) is 0 Å². The summed E-state index contributed by atoms with van der Waals surface area (Å²) >= 11 is 0. The van der Waals surface area contributed by atoms with Crippen LogP contribution in [-0.4, -0.2) is 10.8 Å². The highest BCUT2D eigenvalue weighted by atomic mass is 16.1. The van der Waals surface area contributed by atoms with E-state index < -0.39 is 0 Å². The zero-order valence-electron chi connectivity index (χ0n) is 13.7. The SMILES string of the molecule is Cc1cc2ccnc(C(=O)c3ccc4ccccc4c3)c2cc1C. The summed E-state index contributed by atoms with van der Waals surface area (Å²) in [6.45, 7) is 4.14. The molecule has 0 amide bonds. The maximum absolute atomic E-state index is 13.0. The van der Waals surface area contributed by atoms with Crippen LogP contribution < -0.4 is 0 Å². The minimum Gasteiger partial charge on any atom is -0.287 e. The number of aryl methyl sites for hydroxylation is 2. The standard InChI is InChI=1S/C22H17NO/c1-14-11-18-9-10-23-21(20(18)12-15(14)2)22(24)19-8-7-16-5-3-4-6-17(16)13-19/h3-13H,1-2H3. The van der Waals surface area contributed by atoms with E-state index in [4.69, 9.17) is 0 Å². The summed E-state index contributed by atoms with van der Waals surface area (Å²) in [6, 6.07) is 20.0. The maximum atomic E-state index is 13.0. The third-order valence-corrected chi connectivity index (χ3v) is 4.61. The van der Waals surface area contributed by atoms with Crippen LogP contribution in [0.3, 0.4) is 0 Å². The topological polar surface area (TPSA) is 30.0 Å². The third-order valence-electron chi connectivity index (χ3n) is 4.61. The molecular weight excluding hydrogens is 294 g/mol. The lowest BCUT2D eigenvalue weighted by Gasteiger charge is -2.09. The normalized spacial score (nSPS) is 11.1. The summed E-state index contributed by atoms with van der Waals surface area (Å²) < 4.78 is 0. The van der Waals surface area contributed by atoms with Gasteiger partial charge in [0.2, 0.25) is 5.78 Å². The van der Waals surface area contributed by atoms with Gasteiger partial charge in [-0.25, -0.2) is 0 Å². The molecule has 0 aliphatic carbocycles. The van der Waals surface area contributed by atoms with Gasteiger partial charge in [-0.15, -0.1) is 0 Å². The van der Waals surface area contributed by atoms with Crippen LogP contribution in [0.15, 0.2) is 66.9 Å². The predicted molar refractivity (Wildman–Crippen MR) is 98.6 cm³/mol. The minimum absolute atomic E-state index is 0.0328. The second-order valence-corrected chi connectivity index (χ2v) is 6.21. The average molecular weight is 311 g/mol. The third kappa shape index (κ3) is 2.37. The number of pyridine rings is 1. The van der Waals surface area contributed by atoms with E-state index in [0.29, 0.717) is 11.3 Å². The van der Waals surface area contributed by atoms with Crippen molar-refractivity contribution in [1.29, 1.82) is 0 Å². The van der Waals surface area contributed by atoms with Crippen LogP contribution in [0.25, 0.3) is 21.5 Å². The van der Waals surface area contributed by atoms with Gasteiger partial charge in [-0.05, 0) is 59.3 Å². The lowest BCUT2D eigenvalue weighted by molar-refractivity contribution is 0.103. The number of ketones is 1. The Balaban J connectivity index is 1.89. The van der Waals surface area contributed by atoms with Gasteiger partial charge in [0.1, 0.15) is 5.69 Å². The molecule has 0 aliphatic rings. The molecule has 0 saturated carbocycles. The van der Waals surface area contributed by atoms with Crippen molar-refractivity contribution in [2.45, 2.75) is 13.8 Å². The van der Waals surface area contributed by atoms with Crippen LogP contribution in [0.5, 0.6) is 0 Å². The van der Waals surface area contributed by atoms with Gasteiger partial charge in [-0.3, -0.25) is 9.78 Å². The lowest BCUT2D eigenvalue weighted by Crippen LogP contribution is -2.05. The first kappa shape index (κ1) is 14.6. The molecule has 0 radical (unpaired) electrons. The van der Waals surface area contributed by atoms with Crippen LogP contribution >= 0.6 is 0 Å². The monoisotopic (exact) mass is 311 g/mol. The molecule has 0 fully saturated rings. The fraction of sp³-hybridized carbons (Fsp3) is 0.0909. The summed E-state index contributed by atoms with van der Waals surface area (Å²) in [7, 11) is 0. The van der Waals surface area contributed by atoms with Gasteiger partial charge in [0.05, 0.1) is 0 Å². The Bertz CT molecular complexity index is 1100. The molecule has 4 rings (SSSR count). The van der Waals surface area contributed by atoms with E-state index in [9.17, 15) is 4.79 Å². The highest BCUT2D eigenvalue weighted by Gasteiger charge is 2.15. The molecule has 116 valence electrons. The van der Waals surface area contributed by atoms with E-state index in [0.717, 1.165) is 21.5 Å². The van der Waals surface area contributed by atoms with E-state index in [1.165, 1.54) is 11.1 Å². The molecule has 2 nitrogen and oxygen atoms in total. The second-order valence-electron chi connectivity index (χ2n) is 6.21. The number of carbonyl (C=O) groups excluding carboxylic acids is 1. The smallest absolute Gasteiger partial charge is 0.211 e. The maximum Gasteiger partial charge on any atom is 0.211 e. The number of rotatable bonds is 2. The Morgan fingerprint density at radius 2 is 1.54 bits per heavy atom. The van der Waals surface area contributed by atoms with E-state index in [1.54, 1.807) is 6.20 Å². The molecule has 3 aromatic carbocycles. The zero-order valence-corrected chi connectivity index (χ0v) is 13.7. The highest BCUT2D eigenvalue weighted by Crippen LogP contribution is 2.24. The summed E-state index contributed by atoms with van der Waals surface area (Å²) in [5, 5.41) is 4.16. The number of fused-ring (bicyclic) bond motifs is 2. The molecule has 0 atom stereocenters. The van der Waals surface area contributed by atoms with Crippen molar-refractivity contribution < 1.29 is 4.79 Å². The van der Waals surface area contributed by atoms with Crippen LogP contribution in [0.1, 0.15) is 27.2 Å². The molecule has 0 saturated heterocycles. The van der Waals surface area contributed by atoms with Crippen molar-refractivity contribution in [1.82, 2.24) is 4.98 Å². The molecule has 24 heavy (non-hydrogen) atoms. The van der Waals surface area contributed by atoms with Crippen molar-refractivity contribution in [3.05, 3.63) is 89.2 Å². The number of hydrogen-bond donors (Lipinski definition) is 0. The molecule has 4 aromatic rings. The summed E-state index contributed by atoms with van der Waals surface area (Å²) in [5.41, 5.74) is 3.58. The van der Waals surface area contributed by atoms with E-state index in [-0.39, 0.29) is 5.78 Å². The molecule has 1 aromatic heterocycles. The zero-order chi connectivity index (χ0) is 16.7. The number of aromatic nitrogens is 1. The quantitative estimate of drug-likeness (QED) is 0.474. The first-order valence-electron chi connectivity index (χ1n) is 8.03. The Kier molecular flexibility index (Phi) is 3.39. The fourth-order valence-electron chi connectivity index (χ4n) is 3.09. The van der Waals surface area contributed by atoms with Gasteiger partial charge in [0.25, 0.3) is 0 Å². The van der Waals surface area contributed by atoms with E-state index in [1.807, 2.05) is 48.5 Å². The molecule has 2 heteroatoms. The molecule has 0 spiro atoms. The average Bonchev–Trinajstić information content (AvgIpc) is 2.61. The molecule has 0 unspecified atom stereocenters. The van der Waals surface area contributed by atoms with Gasteiger partial charge in [0, 0.05) is 17.1 Å². The molecule has 0 bridgehead atoms. The number of carbonyl (C=O) groups is 1. The van der Waals surface area contributed by atoms with Gasteiger partial charge in [0.15, 0.2) is 0 Å². The van der Waals surface area contributed by atoms with Crippen LogP contribution in [0.2, 0.25) is 0 Å². The Hall–Kier alpha value is -3.00. The largest absolute Gasteiger partial charge is 0.287 e. The number of benzene rings is 3. The second kappa shape index (κ2) is 5.57. The van der Waals surface area contributed by atoms with Crippen LogP contribution in [-0.2, 0) is 0 Å². The van der Waals surface area contributed by atoms with Crippen molar-refractivity contribution in [2.24, 2.45) is 0 Å². The molecular formula is C22H17NO. The summed E-state index contributed by atoms with van der Waals surface area (Å²) in [6.07, 6.45) is 1.71. The minimum atomic E-state index is -0.0328. The number of nitrogens with zero attached hydrogens (tertiary/aromatic N) is 1. The van der Waals surface area contributed by atoms with Crippen molar-refractivity contribution in [2.75, 3.05) is 0 Å². The lowest BCUT2D eigenvalue weighted by atomic mass is 9.97. The Morgan fingerprint density at radius 3 is 2.38 bits per heavy atom. The van der Waals surface area contributed by atoms with E-state index in [2.05, 4.69) is 31.0 Å². The summed E-state index contributed by atoms with van der Waals surface area (Å²) in [4.78, 5) is 17.4.